The zero-order valence-corrected chi connectivity index (χ0v) is 14.7. The molecule has 3 aliphatic carbocycles. The highest BCUT2D eigenvalue weighted by Gasteiger charge is 2.66. The van der Waals surface area contributed by atoms with Gasteiger partial charge in [-0.2, -0.15) is 0 Å². The smallest absolute Gasteiger partial charge is 0.312 e. The van der Waals surface area contributed by atoms with Gasteiger partial charge in [0.2, 0.25) is 0 Å². The first-order chi connectivity index (χ1) is 10.8. The van der Waals surface area contributed by atoms with Crippen LogP contribution in [0.15, 0.2) is 11.6 Å². The Bertz CT molecular complexity index is 567. The van der Waals surface area contributed by atoms with Crippen LogP contribution in [0.5, 0.6) is 0 Å². The lowest BCUT2D eigenvalue weighted by atomic mass is 9.45. The Labute approximate surface area is 139 Å². The van der Waals surface area contributed by atoms with E-state index < -0.39 is 0 Å². The lowest BCUT2D eigenvalue weighted by molar-refractivity contribution is -0.148. The van der Waals surface area contributed by atoms with Crippen LogP contribution in [0.2, 0.25) is 0 Å². The minimum absolute atomic E-state index is 0.0134. The molecule has 3 fully saturated rings. The topological polar surface area (TPSA) is 46.5 Å². The van der Waals surface area contributed by atoms with E-state index in [0.717, 1.165) is 25.7 Å². The van der Waals surface area contributed by atoms with E-state index in [9.17, 15) is 9.90 Å². The zero-order valence-electron chi connectivity index (χ0n) is 14.7. The number of aliphatic hydroxyl groups excluding tert-OH is 1. The lowest BCUT2D eigenvalue weighted by Gasteiger charge is -2.57. The summed E-state index contributed by atoms with van der Waals surface area (Å²) in [5.74, 6) is 0.990. The summed E-state index contributed by atoms with van der Waals surface area (Å²) in [4.78, 5) is 12.6. The van der Waals surface area contributed by atoms with E-state index in [1.54, 1.807) is 0 Å². The van der Waals surface area contributed by atoms with Crippen molar-refractivity contribution in [3.8, 4) is 0 Å². The van der Waals surface area contributed by atoms with Gasteiger partial charge in [0, 0.05) is 12.5 Å². The summed E-state index contributed by atoms with van der Waals surface area (Å²) in [5, 5.41) is 9.40. The molecule has 0 aromatic heterocycles. The van der Waals surface area contributed by atoms with Crippen LogP contribution in [-0.4, -0.2) is 23.8 Å². The number of hydrogen-bond donors (Lipinski definition) is 1. The molecular formula is C20H30O3. The van der Waals surface area contributed by atoms with E-state index in [1.165, 1.54) is 24.8 Å². The zero-order chi connectivity index (χ0) is 16.5. The second-order valence-electron chi connectivity index (χ2n) is 9.42. The molecule has 4 rings (SSSR count). The summed E-state index contributed by atoms with van der Waals surface area (Å²) in [5.41, 5.74) is 1.65. The fourth-order valence-corrected chi connectivity index (χ4v) is 6.69. The third-order valence-electron chi connectivity index (χ3n) is 7.85. The van der Waals surface area contributed by atoms with Gasteiger partial charge < -0.3 is 9.84 Å². The van der Waals surface area contributed by atoms with Gasteiger partial charge in [-0.3, -0.25) is 4.79 Å². The maximum absolute atomic E-state index is 12.6. The number of allylic oxidation sites excluding steroid dienone is 1. The molecule has 0 bridgehead atoms. The number of hydrogen-bond acceptors (Lipinski definition) is 3. The number of aliphatic hydroxyl groups is 1. The van der Waals surface area contributed by atoms with Crippen molar-refractivity contribution in [2.24, 2.45) is 28.1 Å². The summed E-state index contributed by atoms with van der Waals surface area (Å²) in [6, 6.07) is 0. The van der Waals surface area contributed by atoms with E-state index in [0.29, 0.717) is 11.8 Å². The monoisotopic (exact) mass is 318 g/mol. The molecule has 3 heteroatoms. The maximum Gasteiger partial charge on any atom is 0.312 e. The third kappa shape index (κ3) is 2.01. The molecule has 128 valence electrons. The number of esters is 1. The van der Waals surface area contributed by atoms with Gasteiger partial charge in [0.1, 0.15) is 6.10 Å². The largest absolute Gasteiger partial charge is 0.457 e. The summed E-state index contributed by atoms with van der Waals surface area (Å²) in [6.07, 6.45) is 9.97. The highest BCUT2D eigenvalue weighted by Crippen LogP contribution is 2.66. The first-order valence-electron chi connectivity index (χ1n) is 9.35. The Morgan fingerprint density at radius 2 is 2.04 bits per heavy atom. The molecule has 1 saturated heterocycles. The van der Waals surface area contributed by atoms with Crippen molar-refractivity contribution in [1.82, 2.24) is 0 Å². The first-order valence-corrected chi connectivity index (χ1v) is 9.35. The molecule has 3 nitrogen and oxygen atoms in total. The van der Waals surface area contributed by atoms with Crippen molar-refractivity contribution in [3.63, 3.8) is 0 Å². The second-order valence-corrected chi connectivity index (χ2v) is 9.42. The molecule has 1 heterocycles. The predicted octanol–water partition coefficient (Wildman–Crippen LogP) is 3.85. The molecule has 0 spiro atoms. The predicted molar refractivity (Wildman–Crippen MR) is 88.7 cm³/mol. The maximum atomic E-state index is 12.6. The molecule has 0 aromatic carbocycles. The van der Waals surface area contributed by atoms with Gasteiger partial charge in [0.05, 0.1) is 5.41 Å². The third-order valence-corrected chi connectivity index (χ3v) is 7.85. The van der Waals surface area contributed by atoms with Gasteiger partial charge in [-0.15, -0.1) is 0 Å². The van der Waals surface area contributed by atoms with Gasteiger partial charge in [0.15, 0.2) is 0 Å². The SMILES string of the molecule is C[C@]1(CCO)CC[C@H]2C(=C[C@H]3OC(=O)[C@@]4(C)CCC[C@@]2(C)[C@@H]34)C1. The Hall–Kier alpha value is -0.830. The number of ether oxygens (including phenoxy) is 1. The van der Waals surface area contributed by atoms with E-state index in [-0.39, 0.29) is 34.9 Å². The highest BCUT2D eigenvalue weighted by atomic mass is 16.6. The summed E-state index contributed by atoms with van der Waals surface area (Å²) in [6.45, 7) is 7.15. The molecule has 0 amide bonds. The molecule has 0 unspecified atom stereocenters. The Kier molecular flexibility index (Phi) is 3.30. The van der Waals surface area contributed by atoms with E-state index in [4.69, 9.17) is 4.74 Å². The quantitative estimate of drug-likeness (QED) is 0.621. The molecule has 6 atom stereocenters. The molecule has 23 heavy (non-hydrogen) atoms. The first kappa shape index (κ1) is 15.7. The lowest BCUT2D eigenvalue weighted by Crippen LogP contribution is -2.53. The number of carbonyl (C=O) groups is 1. The number of fused-ring (bicyclic) bond motifs is 2. The van der Waals surface area contributed by atoms with Gasteiger partial charge >= 0.3 is 5.97 Å². The molecule has 4 aliphatic rings. The van der Waals surface area contributed by atoms with Crippen LogP contribution in [0.1, 0.15) is 65.7 Å². The van der Waals surface area contributed by atoms with E-state index in [1.807, 2.05) is 0 Å². The van der Waals surface area contributed by atoms with Gasteiger partial charge in [-0.25, -0.2) is 0 Å². The molecule has 2 saturated carbocycles. The summed E-state index contributed by atoms with van der Waals surface area (Å²) in [7, 11) is 0. The van der Waals surface area contributed by atoms with Crippen LogP contribution >= 0.6 is 0 Å². The molecule has 0 aromatic rings. The van der Waals surface area contributed by atoms with Crippen molar-refractivity contribution in [3.05, 3.63) is 11.6 Å². The van der Waals surface area contributed by atoms with Crippen molar-refractivity contribution in [2.75, 3.05) is 6.61 Å². The fraction of sp³-hybridized carbons (Fsp3) is 0.850. The number of carbonyl (C=O) groups excluding carboxylic acids is 1. The summed E-state index contributed by atoms with van der Waals surface area (Å²) >= 11 is 0. The van der Waals surface area contributed by atoms with Crippen LogP contribution in [0.3, 0.4) is 0 Å². The Morgan fingerprint density at radius 3 is 2.78 bits per heavy atom. The fourth-order valence-electron chi connectivity index (χ4n) is 6.69. The Balaban J connectivity index is 1.74. The molecule has 0 radical (unpaired) electrons. The van der Waals surface area contributed by atoms with Crippen LogP contribution in [0.4, 0.5) is 0 Å². The standard InChI is InChI=1S/C20H30O3/c1-18(9-10-21)8-5-14-13(12-18)11-15-16-19(14,2)6-4-7-20(16,3)17(22)23-15/h11,14-16,21H,4-10,12H2,1-3H3/t14-,15+,16+,18+,19+,20-/m0/s1. The van der Waals surface area contributed by atoms with Gasteiger partial charge in [0.25, 0.3) is 0 Å². The van der Waals surface area contributed by atoms with E-state index in [2.05, 4.69) is 26.8 Å². The average Bonchev–Trinajstić information content (AvgIpc) is 2.71. The van der Waals surface area contributed by atoms with E-state index >= 15 is 0 Å². The molecule has 1 aliphatic heterocycles. The number of rotatable bonds is 2. The molecule has 1 N–H and O–H groups in total. The highest BCUT2D eigenvalue weighted by molar-refractivity contribution is 5.80. The minimum Gasteiger partial charge on any atom is -0.457 e. The molecular weight excluding hydrogens is 288 g/mol. The average molecular weight is 318 g/mol. The summed E-state index contributed by atoms with van der Waals surface area (Å²) < 4.78 is 5.86. The normalized spacial score (nSPS) is 51.6. The van der Waals surface area contributed by atoms with Gasteiger partial charge in [-0.05, 0) is 68.3 Å². The van der Waals surface area contributed by atoms with Crippen molar-refractivity contribution in [2.45, 2.75) is 71.8 Å². The van der Waals surface area contributed by atoms with Crippen molar-refractivity contribution >= 4 is 5.97 Å². The van der Waals surface area contributed by atoms with Gasteiger partial charge in [-0.1, -0.05) is 25.8 Å². The minimum atomic E-state index is -0.272. The van der Waals surface area contributed by atoms with Crippen LogP contribution in [0.25, 0.3) is 0 Å². The van der Waals surface area contributed by atoms with Crippen LogP contribution < -0.4 is 0 Å². The van der Waals surface area contributed by atoms with Crippen molar-refractivity contribution in [1.29, 1.82) is 0 Å². The second kappa shape index (κ2) is 4.84. The van der Waals surface area contributed by atoms with Crippen LogP contribution in [0, 0.1) is 28.1 Å². The Morgan fingerprint density at radius 1 is 1.26 bits per heavy atom. The van der Waals surface area contributed by atoms with Crippen molar-refractivity contribution < 1.29 is 14.6 Å². The van der Waals surface area contributed by atoms with Crippen LogP contribution in [-0.2, 0) is 9.53 Å².